The van der Waals surface area contributed by atoms with Crippen molar-refractivity contribution >= 4 is 0 Å². The van der Waals surface area contributed by atoms with E-state index >= 15 is 0 Å². The van der Waals surface area contributed by atoms with Crippen molar-refractivity contribution in [3.05, 3.63) is 0 Å². The normalized spacial score (nSPS) is 13.3. The summed E-state index contributed by atoms with van der Waals surface area (Å²) in [7, 11) is 2.17. The molecule has 0 aromatic rings. The van der Waals surface area contributed by atoms with E-state index in [4.69, 9.17) is 4.74 Å². The third-order valence-corrected chi connectivity index (χ3v) is 2.90. The van der Waals surface area contributed by atoms with Gasteiger partial charge in [0.15, 0.2) is 0 Å². The van der Waals surface area contributed by atoms with Gasteiger partial charge in [-0.05, 0) is 46.3 Å². The van der Waals surface area contributed by atoms with Crippen molar-refractivity contribution in [1.82, 2.24) is 10.2 Å². The Morgan fingerprint density at radius 1 is 1.19 bits per heavy atom. The lowest BCUT2D eigenvalue weighted by Crippen LogP contribution is -2.30. The fourth-order valence-corrected chi connectivity index (χ4v) is 1.82. The molecular formula is C13H30N2O. The minimum absolute atomic E-state index is 0.699. The third kappa shape index (κ3) is 9.13. The standard InChI is InChI=1S/C13H30N2O/c1-5-13(14-6-2)9-8-10-15(4)11-12-16-7-3/h13-14H,5-12H2,1-4H3. The number of hydrogen-bond acceptors (Lipinski definition) is 3. The molecule has 1 atom stereocenters. The van der Waals surface area contributed by atoms with Gasteiger partial charge in [0.25, 0.3) is 0 Å². The van der Waals surface area contributed by atoms with Crippen LogP contribution in [-0.2, 0) is 4.74 Å². The molecule has 0 saturated carbocycles. The number of likely N-dealkylation sites (N-methyl/N-ethyl adjacent to an activating group) is 1. The Balaban J connectivity index is 3.40. The Bertz CT molecular complexity index is 142. The van der Waals surface area contributed by atoms with E-state index in [1.807, 2.05) is 6.92 Å². The Morgan fingerprint density at radius 3 is 2.50 bits per heavy atom. The van der Waals surface area contributed by atoms with Crippen LogP contribution in [0.25, 0.3) is 0 Å². The number of hydrogen-bond donors (Lipinski definition) is 1. The first-order valence-corrected chi connectivity index (χ1v) is 6.74. The molecule has 3 nitrogen and oxygen atoms in total. The maximum absolute atomic E-state index is 5.34. The van der Waals surface area contributed by atoms with Crippen LogP contribution in [0.4, 0.5) is 0 Å². The van der Waals surface area contributed by atoms with E-state index in [2.05, 4.69) is 31.1 Å². The first-order chi connectivity index (χ1) is 7.74. The van der Waals surface area contributed by atoms with Crippen molar-refractivity contribution in [2.24, 2.45) is 0 Å². The maximum Gasteiger partial charge on any atom is 0.0593 e. The monoisotopic (exact) mass is 230 g/mol. The van der Waals surface area contributed by atoms with Gasteiger partial charge in [-0.2, -0.15) is 0 Å². The summed E-state index contributed by atoms with van der Waals surface area (Å²) in [5.41, 5.74) is 0. The summed E-state index contributed by atoms with van der Waals surface area (Å²) in [6.07, 6.45) is 3.79. The minimum atomic E-state index is 0.699. The zero-order chi connectivity index (χ0) is 12.2. The van der Waals surface area contributed by atoms with Crippen LogP contribution in [0.3, 0.4) is 0 Å². The van der Waals surface area contributed by atoms with E-state index in [0.717, 1.165) is 26.3 Å². The Morgan fingerprint density at radius 2 is 1.94 bits per heavy atom. The summed E-state index contributed by atoms with van der Waals surface area (Å²) in [5.74, 6) is 0. The largest absolute Gasteiger partial charge is 0.380 e. The van der Waals surface area contributed by atoms with E-state index in [1.165, 1.54) is 25.8 Å². The highest BCUT2D eigenvalue weighted by molar-refractivity contribution is 4.64. The molecule has 0 aromatic heterocycles. The highest BCUT2D eigenvalue weighted by atomic mass is 16.5. The second-order valence-electron chi connectivity index (χ2n) is 4.31. The molecule has 0 spiro atoms. The second kappa shape index (κ2) is 11.4. The van der Waals surface area contributed by atoms with Crippen LogP contribution in [0.1, 0.15) is 40.0 Å². The summed E-state index contributed by atoms with van der Waals surface area (Å²) in [6.45, 7) is 11.5. The molecule has 1 N–H and O–H groups in total. The van der Waals surface area contributed by atoms with Gasteiger partial charge in [0, 0.05) is 19.2 Å². The summed E-state index contributed by atoms with van der Waals surface area (Å²) in [4.78, 5) is 2.36. The Kier molecular flexibility index (Phi) is 11.3. The number of ether oxygens (including phenoxy) is 1. The molecule has 3 heteroatoms. The summed E-state index contributed by atoms with van der Waals surface area (Å²) in [6, 6.07) is 0.699. The lowest BCUT2D eigenvalue weighted by molar-refractivity contribution is 0.121. The van der Waals surface area contributed by atoms with E-state index < -0.39 is 0 Å². The molecular weight excluding hydrogens is 200 g/mol. The Hall–Kier alpha value is -0.120. The SMILES string of the molecule is CCNC(CC)CCCN(C)CCOCC. The smallest absolute Gasteiger partial charge is 0.0593 e. The molecule has 0 aliphatic heterocycles. The first-order valence-electron chi connectivity index (χ1n) is 6.74. The van der Waals surface area contributed by atoms with Crippen LogP contribution in [0.5, 0.6) is 0 Å². The molecule has 0 saturated heterocycles. The average Bonchev–Trinajstić information content (AvgIpc) is 2.28. The van der Waals surface area contributed by atoms with E-state index in [9.17, 15) is 0 Å². The van der Waals surface area contributed by atoms with Crippen LogP contribution >= 0.6 is 0 Å². The van der Waals surface area contributed by atoms with Gasteiger partial charge in [0.2, 0.25) is 0 Å². The van der Waals surface area contributed by atoms with Gasteiger partial charge in [-0.15, -0.1) is 0 Å². The van der Waals surface area contributed by atoms with Gasteiger partial charge < -0.3 is 15.0 Å². The number of rotatable bonds is 11. The zero-order valence-electron chi connectivity index (χ0n) is 11.6. The van der Waals surface area contributed by atoms with Crippen molar-refractivity contribution in [3.63, 3.8) is 0 Å². The zero-order valence-corrected chi connectivity index (χ0v) is 11.6. The highest BCUT2D eigenvalue weighted by Crippen LogP contribution is 2.02. The molecule has 0 fully saturated rings. The van der Waals surface area contributed by atoms with Crippen LogP contribution in [-0.4, -0.2) is 50.8 Å². The molecule has 0 rings (SSSR count). The molecule has 0 heterocycles. The average molecular weight is 230 g/mol. The van der Waals surface area contributed by atoms with Gasteiger partial charge >= 0.3 is 0 Å². The first kappa shape index (κ1) is 15.9. The van der Waals surface area contributed by atoms with Gasteiger partial charge in [0.05, 0.1) is 6.61 Å². The molecule has 0 aliphatic rings. The topological polar surface area (TPSA) is 24.5 Å². The molecule has 98 valence electrons. The quantitative estimate of drug-likeness (QED) is 0.550. The van der Waals surface area contributed by atoms with Crippen molar-refractivity contribution in [2.75, 3.05) is 39.9 Å². The minimum Gasteiger partial charge on any atom is -0.380 e. The van der Waals surface area contributed by atoms with Crippen LogP contribution < -0.4 is 5.32 Å². The summed E-state index contributed by atoms with van der Waals surface area (Å²) in [5, 5.41) is 3.52. The predicted molar refractivity (Wildman–Crippen MR) is 71.0 cm³/mol. The molecule has 0 radical (unpaired) electrons. The van der Waals surface area contributed by atoms with Crippen molar-refractivity contribution in [3.8, 4) is 0 Å². The molecule has 1 unspecified atom stereocenters. The van der Waals surface area contributed by atoms with E-state index in [0.29, 0.717) is 6.04 Å². The summed E-state index contributed by atoms with van der Waals surface area (Å²) >= 11 is 0. The molecule has 16 heavy (non-hydrogen) atoms. The van der Waals surface area contributed by atoms with Crippen LogP contribution in [0.2, 0.25) is 0 Å². The predicted octanol–water partition coefficient (Wildman–Crippen LogP) is 2.12. The number of nitrogens with zero attached hydrogens (tertiary/aromatic N) is 1. The van der Waals surface area contributed by atoms with Crippen LogP contribution in [0, 0.1) is 0 Å². The lowest BCUT2D eigenvalue weighted by atomic mass is 10.1. The lowest BCUT2D eigenvalue weighted by Gasteiger charge is -2.19. The van der Waals surface area contributed by atoms with E-state index in [-0.39, 0.29) is 0 Å². The fraction of sp³-hybridized carbons (Fsp3) is 1.00. The van der Waals surface area contributed by atoms with Gasteiger partial charge in [-0.25, -0.2) is 0 Å². The highest BCUT2D eigenvalue weighted by Gasteiger charge is 2.04. The molecule has 0 aliphatic carbocycles. The number of nitrogens with one attached hydrogen (secondary N) is 1. The van der Waals surface area contributed by atoms with Crippen molar-refractivity contribution < 1.29 is 4.74 Å². The third-order valence-electron chi connectivity index (χ3n) is 2.90. The molecule has 0 aromatic carbocycles. The van der Waals surface area contributed by atoms with Crippen molar-refractivity contribution in [1.29, 1.82) is 0 Å². The van der Waals surface area contributed by atoms with Gasteiger partial charge in [-0.1, -0.05) is 13.8 Å². The van der Waals surface area contributed by atoms with Gasteiger partial charge in [0.1, 0.15) is 0 Å². The fourth-order valence-electron chi connectivity index (χ4n) is 1.82. The Labute approximate surface area is 102 Å². The molecule has 0 amide bonds. The van der Waals surface area contributed by atoms with Gasteiger partial charge in [-0.3, -0.25) is 0 Å². The summed E-state index contributed by atoms with van der Waals surface area (Å²) < 4.78 is 5.34. The van der Waals surface area contributed by atoms with E-state index in [1.54, 1.807) is 0 Å². The second-order valence-corrected chi connectivity index (χ2v) is 4.31. The molecule has 0 bridgehead atoms. The van der Waals surface area contributed by atoms with Crippen molar-refractivity contribution in [2.45, 2.75) is 46.1 Å². The maximum atomic E-state index is 5.34. The van der Waals surface area contributed by atoms with Crippen LogP contribution in [0.15, 0.2) is 0 Å².